The third-order valence-corrected chi connectivity index (χ3v) is 9.08. The van der Waals surface area contributed by atoms with Crippen LogP contribution in [0.25, 0.3) is 88.0 Å². The van der Waals surface area contributed by atoms with Gasteiger partial charge >= 0.3 is 0 Å². The standard InChI is InChI=1S/C44H28O/c1-3-11-29(12-4-1)33-23-25-38-40(28-33)44(31-13-5-2-6-14-31)37-17-8-7-16-36(37)43(38)32-21-19-30(20-22-32)34-24-26-42-39(27-34)35-15-9-10-18-41(35)45-42/h1-28H. The first-order valence-electron chi connectivity index (χ1n) is 15.4. The molecule has 0 aliphatic rings. The van der Waals surface area contributed by atoms with E-state index in [0.29, 0.717) is 0 Å². The molecule has 210 valence electrons. The summed E-state index contributed by atoms with van der Waals surface area (Å²) >= 11 is 0. The van der Waals surface area contributed by atoms with E-state index in [-0.39, 0.29) is 0 Å². The van der Waals surface area contributed by atoms with Gasteiger partial charge in [0.05, 0.1) is 0 Å². The molecule has 0 bridgehead atoms. The van der Waals surface area contributed by atoms with E-state index >= 15 is 0 Å². The molecule has 0 aliphatic heterocycles. The lowest BCUT2D eigenvalue weighted by Gasteiger charge is -2.19. The number of hydrogen-bond donors (Lipinski definition) is 0. The highest BCUT2D eigenvalue weighted by Gasteiger charge is 2.18. The van der Waals surface area contributed by atoms with Crippen molar-refractivity contribution >= 4 is 43.5 Å². The van der Waals surface area contributed by atoms with Crippen LogP contribution in [0.1, 0.15) is 0 Å². The first kappa shape index (κ1) is 25.6. The molecule has 0 unspecified atom stereocenters. The highest BCUT2D eigenvalue weighted by molar-refractivity contribution is 6.22. The Labute approximate surface area is 261 Å². The van der Waals surface area contributed by atoms with Crippen LogP contribution >= 0.6 is 0 Å². The minimum atomic E-state index is 0.919. The Balaban J connectivity index is 1.25. The van der Waals surface area contributed by atoms with E-state index in [2.05, 4.69) is 158 Å². The molecule has 1 aromatic heterocycles. The van der Waals surface area contributed by atoms with Gasteiger partial charge in [-0.05, 0) is 90.3 Å². The molecule has 0 N–H and O–H groups in total. The van der Waals surface area contributed by atoms with E-state index < -0.39 is 0 Å². The van der Waals surface area contributed by atoms with Crippen molar-refractivity contribution in [3.63, 3.8) is 0 Å². The Kier molecular flexibility index (Phi) is 5.89. The summed E-state index contributed by atoms with van der Waals surface area (Å²) in [7, 11) is 0. The molecule has 1 heteroatoms. The highest BCUT2D eigenvalue weighted by Crippen LogP contribution is 2.45. The Hall–Kier alpha value is -5.92. The second-order valence-corrected chi connectivity index (χ2v) is 11.7. The maximum absolute atomic E-state index is 6.08. The predicted molar refractivity (Wildman–Crippen MR) is 190 cm³/mol. The molecule has 1 nitrogen and oxygen atoms in total. The molecule has 1 heterocycles. The number of benzene rings is 8. The van der Waals surface area contributed by atoms with Gasteiger partial charge in [-0.1, -0.05) is 146 Å². The van der Waals surface area contributed by atoms with Crippen molar-refractivity contribution in [2.24, 2.45) is 0 Å². The second kappa shape index (κ2) is 10.4. The molecule has 9 aromatic rings. The van der Waals surface area contributed by atoms with Gasteiger partial charge in [0.2, 0.25) is 0 Å². The van der Waals surface area contributed by atoms with E-state index in [9.17, 15) is 0 Å². The van der Waals surface area contributed by atoms with Gasteiger partial charge in [0, 0.05) is 10.8 Å². The number of para-hydroxylation sites is 1. The summed E-state index contributed by atoms with van der Waals surface area (Å²) < 4.78 is 6.08. The lowest BCUT2D eigenvalue weighted by molar-refractivity contribution is 0.669. The zero-order valence-corrected chi connectivity index (χ0v) is 24.6. The molecule has 8 aromatic carbocycles. The molecule has 0 radical (unpaired) electrons. The molecule has 0 fully saturated rings. The van der Waals surface area contributed by atoms with E-state index in [4.69, 9.17) is 4.42 Å². The summed E-state index contributed by atoms with van der Waals surface area (Å²) in [4.78, 5) is 0. The largest absolute Gasteiger partial charge is 0.456 e. The maximum atomic E-state index is 6.08. The minimum absolute atomic E-state index is 0.919. The quantitative estimate of drug-likeness (QED) is 0.191. The SMILES string of the molecule is c1ccc(-c2ccc3c(-c4ccc(-c5ccc6oc7ccccc7c6c5)cc4)c4ccccc4c(-c4ccccc4)c3c2)cc1. The van der Waals surface area contributed by atoms with E-state index in [0.717, 1.165) is 21.9 Å². The summed E-state index contributed by atoms with van der Waals surface area (Å²) in [5.41, 5.74) is 11.6. The first-order chi connectivity index (χ1) is 22.3. The van der Waals surface area contributed by atoms with Crippen LogP contribution in [0.4, 0.5) is 0 Å². The Morgan fingerprint density at radius 3 is 1.38 bits per heavy atom. The van der Waals surface area contributed by atoms with Gasteiger partial charge in [-0.3, -0.25) is 0 Å². The summed E-state index contributed by atoms with van der Waals surface area (Å²) in [6.45, 7) is 0. The topological polar surface area (TPSA) is 13.1 Å². The molecule has 0 spiro atoms. The van der Waals surface area contributed by atoms with Crippen LogP contribution in [0.2, 0.25) is 0 Å². The van der Waals surface area contributed by atoms with Gasteiger partial charge in [0.15, 0.2) is 0 Å². The van der Waals surface area contributed by atoms with Crippen LogP contribution in [-0.4, -0.2) is 0 Å². The fourth-order valence-corrected chi connectivity index (χ4v) is 6.95. The fourth-order valence-electron chi connectivity index (χ4n) is 6.95. The normalized spacial score (nSPS) is 11.6. The van der Waals surface area contributed by atoms with Crippen molar-refractivity contribution in [3.05, 3.63) is 170 Å². The molecule has 0 saturated heterocycles. The Bertz CT molecular complexity index is 2500. The van der Waals surface area contributed by atoms with Crippen LogP contribution in [0.15, 0.2) is 174 Å². The molecular weight excluding hydrogens is 544 g/mol. The molecule has 45 heavy (non-hydrogen) atoms. The van der Waals surface area contributed by atoms with E-state index in [1.165, 1.54) is 66.1 Å². The van der Waals surface area contributed by atoms with Crippen molar-refractivity contribution < 1.29 is 4.42 Å². The lowest BCUT2D eigenvalue weighted by Crippen LogP contribution is -1.92. The molecule has 0 aliphatic carbocycles. The minimum Gasteiger partial charge on any atom is -0.456 e. The van der Waals surface area contributed by atoms with Crippen molar-refractivity contribution in [2.45, 2.75) is 0 Å². The predicted octanol–water partition coefficient (Wildman–Crippen LogP) is 12.6. The summed E-state index contributed by atoms with van der Waals surface area (Å²) in [6.07, 6.45) is 0. The summed E-state index contributed by atoms with van der Waals surface area (Å²) in [6, 6.07) is 61.1. The average molecular weight is 573 g/mol. The van der Waals surface area contributed by atoms with Gasteiger partial charge in [0.25, 0.3) is 0 Å². The smallest absolute Gasteiger partial charge is 0.135 e. The Morgan fingerprint density at radius 1 is 0.244 bits per heavy atom. The van der Waals surface area contributed by atoms with Crippen molar-refractivity contribution in [1.29, 1.82) is 0 Å². The van der Waals surface area contributed by atoms with Gasteiger partial charge in [0.1, 0.15) is 11.2 Å². The average Bonchev–Trinajstić information content (AvgIpc) is 3.49. The lowest BCUT2D eigenvalue weighted by atomic mass is 9.84. The number of furan rings is 1. The molecular formula is C44H28O. The third kappa shape index (κ3) is 4.24. The van der Waals surface area contributed by atoms with Gasteiger partial charge in [-0.15, -0.1) is 0 Å². The van der Waals surface area contributed by atoms with Crippen LogP contribution in [0.5, 0.6) is 0 Å². The zero-order valence-electron chi connectivity index (χ0n) is 24.6. The van der Waals surface area contributed by atoms with Crippen molar-refractivity contribution in [2.75, 3.05) is 0 Å². The van der Waals surface area contributed by atoms with Crippen molar-refractivity contribution in [3.8, 4) is 44.5 Å². The number of fused-ring (bicyclic) bond motifs is 5. The second-order valence-electron chi connectivity index (χ2n) is 11.7. The van der Waals surface area contributed by atoms with E-state index in [1.807, 2.05) is 12.1 Å². The van der Waals surface area contributed by atoms with Crippen LogP contribution in [-0.2, 0) is 0 Å². The first-order valence-corrected chi connectivity index (χ1v) is 15.4. The molecule has 9 rings (SSSR count). The Morgan fingerprint density at radius 2 is 0.667 bits per heavy atom. The van der Waals surface area contributed by atoms with Crippen LogP contribution < -0.4 is 0 Å². The summed E-state index contributed by atoms with van der Waals surface area (Å²) in [5.74, 6) is 0. The number of hydrogen-bond acceptors (Lipinski definition) is 1. The molecule has 0 atom stereocenters. The molecule has 0 saturated carbocycles. The zero-order chi connectivity index (χ0) is 29.7. The van der Waals surface area contributed by atoms with Gasteiger partial charge in [-0.2, -0.15) is 0 Å². The van der Waals surface area contributed by atoms with Gasteiger partial charge in [-0.25, -0.2) is 0 Å². The monoisotopic (exact) mass is 572 g/mol. The van der Waals surface area contributed by atoms with Crippen molar-refractivity contribution in [1.82, 2.24) is 0 Å². The van der Waals surface area contributed by atoms with Crippen LogP contribution in [0.3, 0.4) is 0 Å². The van der Waals surface area contributed by atoms with Crippen LogP contribution in [0, 0.1) is 0 Å². The number of rotatable bonds is 4. The maximum Gasteiger partial charge on any atom is 0.135 e. The third-order valence-electron chi connectivity index (χ3n) is 9.08. The molecule has 0 amide bonds. The highest BCUT2D eigenvalue weighted by atomic mass is 16.3. The van der Waals surface area contributed by atoms with E-state index in [1.54, 1.807) is 0 Å². The van der Waals surface area contributed by atoms with Gasteiger partial charge < -0.3 is 4.42 Å². The fraction of sp³-hybridized carbons (Fsp3) is 0. The summed E-state index contributed by atoms with van der Waals surface area (Å²) in [5, 5.41) is 7.34.